The second-order valence-electron chi connectivity index (χ2n) is 8.61. The van der Waals surface area contributed by atoms with Gasteiger partial charge >= 0.3 is 0 Å². The van der Waals surface area contributed by atoms with Gasteiger partial charge in [-0.1, -0.05) is 54.1 Å². The van der Waals surface area contributed by atoms with Gasteiger partial charge in [0, 0.05) is 23.5 Å². The van der Waals surface area contributed by atoms with E-state index in [1.54, 1.807) is 0 Å². The van der Waals surface area contributed by atoms with Crippen LogP contribution in [0.1, 0.15) is 42.5 Å². The first-order valence-electron chi connectivity index (χ1n) is 10.9. The molecule has 0 saturated heterocycles. The lowest BCUT2D eigenvalue weighted by molar-refractivity contribution is 0.0891. The molecule has 2 N–H and O–H groups in total. The van der Waals surface area contributed by atoms with Gasteiger partial charge in [0.1, 0.15) is 10.7 Å². The number of aromatic amines is 1. The van der Waals surface area contributed by atoms with Gasteiger partial charge in [0.2, 0.25) is 0 Å². The van der Waals surface area contributed by atoms with E-state index in [4.69, 9.17) is 4.98 Å². The predicted octanol–water partition coefficient (Wildman–Crippen LogP) is 5.21. The smallest absolute Gasteiger partial charge is 0.260 e. The first-order chi connectivity index (χ1) is 15.3. The van der Waals surface area contributed by atoms with Gasteiger partial charge in [0.25, 0.3) is 5.56 Å². The number of fused-ring (bicyclic) bond motifs is 1. The van der Waals surface area contributed by atoms with Gasteiger partial charge in [-0.25, -0.2) is 4.98 Å². The first-order valence-corrected chi connectivity index (χ1v) is 11.8. The van der Waals surface area contributed by atoms with E-state index in [2.05, 4.69) is 55.8 Å². The zero-order chi connectivity index (χ0) is 22.8. The Balaban J connectivity index is 1.63. The van der Waals surface area contributed by atoms with Crippen LogP contribution in [0.3, 0.4) is 0 Å². The molecule has 6 heteroatoms. The SMILES string of the molecule is Cc1ccc(C)c(-c2csc3nc(CN(CC(O)c4ccccc4)C(C)C)[nH]c(=O)c23)c1. The summed E-state index contributed by atoms with van der Waals surface area (Å²) in [6, 6.07) is 16.1. The van der Waals surface area contributed by atoms with Crippen LogP contribution in [-0.4, -0.2) is 32.6 Å². The van der Waals surface area contributed by atoms with Crippen molar-refractivity contribution in [3.05, 3.63) is 86.8 Å². The first kappa shape index (κ1) is 22.4. The molecule has 0 fully saturated rings. The number of H-pyrrole nitrogens is 1. The summed E-state index contributed by atoms with van der Waals surface area (Å²) >= 11 is 1.50. The molecule has 166 valence electrons. The highest BCUT2D eigenvalue weighted by Crippen LogP contribution is 2.33. The molecule has 5 nitrogen and oxygen atoms in total. The largest absolute Gasteiger partial charge is 0.387 e. The second kappa shape index (κ2) is 9.36. The zero-order valence-electron chi connectivity index (χ0n) is 18.9. The number of thiophene rings is 1. The van der Waals surface area contributed by atoms with Crippen LogP contribution in [0.25, 0.3) is 21.3 Å². The summed E-state index contributed by atoms with van der Waals surface area (Å²) < 4.78 is 0. The van der Waals surface area contributed by atoms with E-state index in [9.17, 15) is 9.90 Å². The van der Waals surface area contributed by atoms with Crippen molar-refractivity contribution in [3.63, 3.8) is 0 Å². The third-order valence-electron chi connectivity index (χ3n) is 5.85. The highest BCUT2D eigenvalue weighted by molar-refractivity contribution is 7.17. The number of benzene rings is 2. The maximum Gasteiger partial charge on any atom is 0.260 e. The van der Waals surface area contributed by atoms with Gasteiger partial charge in [0.05, 0.1) is 18.0 Å². The van der Waals surface area contributed by atoms with Gasteiger partial charge in [-0.05, 0) is 44.4 Å². The summed E-state index contributed by atoms with van der Waals surface area (Å²) in [5.41, 5.74) is 5.08. The Kier molecular flexibility index (Phi) is 6.55. The Morgan fingerprint density at radius 3 is 2.56 bits per heavy atom. The Hall–Kier alpha value is -2.80. The minimum atomic E-state index is -0.605. The summed E-state index contributed by atoms with van der Waals surface area (Å²) in [4.78, 5) is 23.7. The topological polar surface area (TPSA) is 69.2 Å². The number of aryl methyl sites for hydroxylation is 2. The number of aliphatic hydroxyl groups is 1. The van der Waals surface area contributed by atoms with E-state index in [1.807, 2.05) is 35.7 Å². The molecular weight excluding hydrogens is 418 g/mol. The quantitative estimate of drug-likeness (QED) is 0.408. The van der Waals surface area contributed by atoms with Gasteiger partial charge in [-0.3, -0.25) is 9.69 Å². The van der Waals surface area contributed by atoms with Crippen molar-refractivity contribution in [3.8, 4) is 11.1 Å². The summed E-state index contributed by atoms with van der Waals surface area (Å²) in [5.74, 6) is 0.617. The lowest BCUT2D eigenvalue weighted by atomic mass is 9.99. The molecule has 0 spiro atoms. The minimum absolute atomic E-state index is 0.116. The van der Waals surface area contributed by atoms with Gasteiger partial charge < -0.3 is 10.1 Å². The van der Waals surface area contributed by atoms with Crippen LogP contribution in [0, 0.1) is 13.8 Å². The van der Waals surface area contributed by atoms with Crippen molar-refractivity contribution in [2.45, 2.75) is 46.4 Å². The molecular formula is C26H29N3O2S. The van der Waals surface area contributed by atoms with Crippen LogP contribution in [0.2, 0.25) is 0 Å². The number of hydrogen-bond acceptors (Lipinski definition) is 5. The van der Waals surface area contributed by atoms with Crippen LogP contribution in [0.15, 0.2) is 58.7 Å². The number of rotatable bonds is 7. The molecule has 32 heavy (non-hydrogen) atoms. The number of nitrogens with one attached hydrogen (secondary N) is 1. The number of nitrogens with zero attached hydrogens (tertiary/aromatic N) is 2. The molecule has 1 unspecified atom stereocenters. The normalized spacial score (nSPS) is 12.7. The number of hydrogen-bond donors (Lipinski definition) is 2. The van der Waals surface area contributed by atoms with Crippen molar-refractivity contribution < 1.29 is 5.11 Å². The zero-order valence-corrected chi connectivity index (χ0v) is 19.7. The molecule has 0 aliphatic heterocycles. The fourth-order valence-corrected chi connectivity index (χ4v) is 4.90. The van der Waals surface area contributed by atoms with Crippen molar-refractivity contribution in [2.24, 2.45) is 0 Å². The molecule has 0 aliphatic carbocycles. The van der Waals surface area contributed by atoms with E-state index >= 15 is 0 Å². The second-order valence-corrected chi connectivity index (χ2v) is 9.47. The van der Waals surface area contributed by atoms with E-state index in [0.717, 1.165) is 32.6 Å². The Labute approximate surface area is 192 Å². The molecule has 0 saturated carbocycles. The fourth-order valence-electron chi connectivity index (χ4n) is 3.95. The van der Waals surface area contributed by atoms with E-state index in [-0.39, 0.29) is 11.6 Å². The summed E-state index contributed by atoms with van der Waals surface area (Å²) in [6.07, 6.45) is -0.605. The van der Waals surface area contributed by atoms with Crippen LogP contribution < -0.4 is 5.56 Å². The average Bonchev–Trinajstić information content (AvgIpc) is 3.20. The monoisotopic (exact) mass is 447 g/mol. The fraction of sp³-hybridized carbons (Fsp3) is 0.308. The van der Waals surface area contributed by atoms with Gasteiger partial charge in [-0.15, -0.1) is 11.3 Å². The van der Waals surface area contributed by atoms with Crippen molar-refractivity contribution in [2.75, 3.05) is 6.54 Å². The molecule has 0 bridgehead atoms. The molecule has 0 amide bonds. The van der Waals surface area contributed by atoms with Crippen LogP contribution >= 0.6 is 11.3 Å². The van der Waals surface area contributed by atoms with E-state index in [1.165, 1.54) is 11.3 Å². The van der Waals surface area contributed by atoms with Crippen molar-refractivity contribution in [1.82, 2.24) is 14.9 Å². The lowest BCUT2D eigenvalue weighted by Gasteiger charge is -2.28. The van der Waals surface area contributed by atoms with Crippen LogP contribution in [0.4, 0.5) is 0 Å². The maximum atomic E-state index is 13.1. The molecule has 4 rings (SSSR count). The summed E-state index contributed by atoms with van der Waals surface area (Å²) in [6.45, 7) is 9.20. The highest BCUT2D eigenvalue weighted by atomic mass is 32.1. The van der Waals surface area contributed by atoms with Gasteiger partial charge in [-0.2, -0.15) is 0 Å². The Morgan fingerprint density at radius 1 is 1.09 bits per heavy atom. The average molecular weight is 448 g/mol. The standard InChI is InChI=1S/C26H29N3O2S/c1-16(2)29(13-22(30)19-8-6-5-7-9-19)14-23-27-25(31)24-21(15-32-26(24)28-23)20-12-17(3)10-11-18(20)4/h5-12,15-16,22,30H,13-14H2,1-4H3,(H,27,28,31). The van der Waals surface area contributed by atoms with Crippen LogP contribution in [0.5, 0.6) is 0 Å². The van der Waals surface area contributed by atoms with Crippen molar-refractivity contribution in [1.29, 1.82) is 0 Å². The molecule has 0 radical (unpaired) electrons. The van der Waals surface area contributed by atoms with Gasteiger partial charge in [0.15, 0.2) is 0 Å². The van der Waals surface area contributed by atoms with Crippen LogP contribution in [-0.2, 0) is 6.54 Å². The lowest BCUT2D eigenvalue weighted by Crippen LogP contribution is -2.35. The molecule has 2 heterocycles. The molecule has 4 aromatic rings. The summed E-state index contributed by atoms with van der Waals surface area (Å²) in [5, 5.41) is 13.4. The van der Waals surface area contributed by atoms with E-state index in [0.29, 0.717) is 24.3 Å². The molecule has 0 aliphatic rings. The van der Waals surface area contributed by atoms with E-state index < -0.39 is 6.10 Å². The molecule has 2 aromatic carbocycles. The molecule has 1 atom stereocenters. The highest BCUT2D eigenvalue weighted by Gasteiger charge is 2.19. The van der Waals surface area contributed by atoms with Crippen molar-refractivity contribution >= 4 is 21.6 Å². The maximum absolute atomic E-state index is 13.1. The number of aromatic nitrogens is 2. The Morgan fingerprint density at radius 2 is 1.84 bits per heavy atom. The Bertz CT molecular complexity index is 1280. The predicted molar refractivity (Wildman–Crippen MR) is 132 cm³/mol. The summed E-state index contributed by atoms with van der Waals surface area (Å²) in [7, 11) is 0. The third-order valence-corrected chi connectivity index (χ3v) is 6.72. The minimum Gasteiger partial charge on any atom is -0.387 e. The third kappa shape index (κ3) is 4.67. The molecule has 2 aromatic heterocycles. The number of aliphatic hydroxyl groups excluding tert-OH is 1.